The number of H-pyrrole nitrogens is 1. The van der Waals surface area contributed by atoms with Gasteiger partial charge in [-0.3, -0.25) is 4.79 Å². The first kappa shape index (κ1) is 12.9. The van der Waals surface area contributed by atoms with Crippen LogP contribution in [0.15, 0.2) is 0 Å². The van der Waals surface area contributed by atoms with Gasteiger partial charge in [0, 0.05) is 13.2 Å². The number of amides is 1. The normalized spacial score (nSPS) is 16.7. The van der Waals surface area contributed by atoms with Crippen LogP contribution >= 0.6 is 0 Å². The van der Waals surface area contributed by atoms with E-state index in [2.05, 4.69) is 25.9 Å². The standard InChI is InChI=1S/C11H19N5O2/c17-11(10-13-15-16-14-10)12-7-4-8-18-9-5-2-1-3-6-9/h9H,1-8H2,(H,12,17)(H,13,14,15,16). The average molecular weight is 253 g/mol. The van der Waals surface area contributed by atoms with Crippen LogP contribution in [0.3, 0.4) is 0 Å². The fraction of sp³-hybridized carbons (Fsp3) is 0.818. The second-order valence-electron chi connectivity index (χ2n) is 4.48. The van der Waals surface area contributed by atoms with E-state index in [9.17, 15) is 4.79 Å². The fourth-order valence-corrected chi connectivity index (χ4v) is 2.09. The number of rotatable bonds is 6. The van der Waals surface area contributed by atoms with Crippen LogP contribution in [0.1, 0.15) is 49.1 Å². The van der Waals surface area contributed by atoms with Gasteiger partial charge in [-0.1, -0.05) is 19.3 Å². The van der Waals surface area contributed by atoms with Crippen LogP contribution in [0.4, 0.5) is 0 Å². The number of hydrogen-bond donors (Lipinski definition) is 2. The van der Waals surface area contributed by atoms with E-state index in [4.69, 9.17) is 4.74 Å². The van der Waals surface area contributed by atoms with Gasteiger partial charge in [0.15, 0.2) is 0 Å². The molecule has 1 amide bonds. The van der Waals surface area contributed by atoms with Gasteiger partial charge in [-0.2, -0.15) is 5.21 Å². The molecule has 0 spiro atoms. The third kappa shape index (κ3) is 4.06. The lowest BCUT2D eigenvalue weighted by Crippen LogP contribution is -2.27. The zero-order valence-corrected chi connectivity index (χ0v) is 10.4. The molecule has 0 aromatic carbocycles. The van der Waals surface area contributed by atoms with Crippen molar-refractivity contribution < 1.29 is 9.53 Å². The van der Waals surface area contributed by atoms with Gasteiger partial charge in [-0.15, -0.1) is 10.2 Å². The van der Waals surface area contributed by atoms with E-state index < -0.39 is 0 Å². The highest BCUT2D eigenvalue weighted by atomic mass is 16.5. The van der Waals surface area contributed by atoms with Crippen molar-refractivity contribution in [2.45, 2.75) is 44.6 Å². The molecule has 2 N–H and O–H groups in total. The Labute approximate surface area is 106 Å². The summed E-state index contributed by atoms with van der Waals surface area (Å²) in [6.07, 6.45) is 7.47. The summed E-state index contributed by atoms with van der Waals surface area (Å²) in [5.41, 5.74) is 0. The number of carbonyl (C=O) groups is 1. The molecule has 1 fully saturated rings. The third-order valence-electron chi connectivity index (χ3n) is 3.06. The molecular weight excluding hydrogens is 234 g/mol. The molecule has 1 aromatic heterocycles. The molecule has 1 saturated carbocycles. The molecule has 2 rings (SSSR count). The molecule has 18 heavy (non-hydrogen) atoms. The van der Waals surface area contributed by atoms with Crippen molar-refractivity contribution in [1.29, 1.82) is 0 Å². The number of aromatic nitrogens is 4. The van der Waals surface area contributed by atoms with Crippen molar-refractivity contribution in [3.8, 4) is 0 Å². The zero-order chi connectivity index (χ0) is 12.6. The first-order valence-electron chi connectivity index (χ1n) is 6.49. The Morgan fingerprint density at radius 3 is 2.94 bits per heavy atom. The van der Waals surface area contributed by atoms with E-state index in [1.807, 2.05) is 0 Å². The van der Waals surface area contributed by atoms with Gasteiger partial charge in [0.25, 0.3) is 11.7 Å². The zero-order valence-electron chi connectivity index (χ0n) is 10.4. The maximum atomic E-state index is 11.4. The summed E-state index contributed by atoms with van der Waals surface area (Å²) in [6.45, 7) is 1.26. The number of nitrogens with one attached hydrogen (secondary N) is 2. The summed E-state index contributed by atoms with van der Waals surface area (Å²) in [7, 11) is 0. The summed E-state index contributed by atoms with van der Waals surface area (Å²) < 4.78 is 5.75. The van der Waals surface area contributed by atoms with Crippen molar-refractivity contribution >= 4 is 5.91 Å². The Morgan fingerprint density at radius 1 is 1.39 bits per heavy atom. The minimum atomic E-state index is -0.304. The smallest absolute Gasteiger partial charge is 0.292 e. The van der Waals surface area contributed by atoms with Crippen LogP contribution in [-0.2, 0) is 4.74 Å². The highest BCUT2D eigenvalue weighted by Gasteiger charge is 2.13. The first-order chi connectivity index (χ1) is 8.86. The van der Waals surface area contributed by atoms with E-state index in [-0.39, 0.29) is 11.7 Å². The minimum Gasteiger partial charge on any atom is -0.378 e. The summed E-state index contributed by atoms with van der Waals surface area (Å²) in [4.78, 5) is 11.4. The lowest BCUT2D eigenvalue weighted by Gasteiger charge is -2.21. The topological polar surface area (TPSA) is 92.8 Å². The van der Waals surface area contributed by atoms with E-state index >= 15 is 0 Å². The van der Waals surface area contributed by atoms with Crippen LogP contribution in [0.5, 0.6) is 0 Å². The Balaban J connectivity index is 1.52. The fourth-order valence-electron chi connectivity index (χ4n) is 2.09. The molecule has 1 heterocycles. The molecule has 7 nitrogen and oxygen atoms in total. The van der Waals surface area contributed by atoms with E-state index in [1.165, 1.54) is 32.1 Å². The van der Waals surface area contributed by atoms with Crippen molar-refractivity contribution in [2.24, 2.45) is 0 Å². The van der Waals surface area contributed by atoms with Gasteiger partial charge in [0.2, 0.25) is 0 Å². The molecular formula is C11H19N5O2. The minimum absolute atomic E-state index is 0.0724. The van der Waals surface area contributed by atoms with E-state index in [0.29, 0.717) is 19.3 Å². The highest BCUT2D eigenvalue weighted by molar-refractivity contribution is 5.89. The van der Waals surface area contributed by atoms with E-state index in [0.717, 1.165) is 6.42 Å². The second kappa shape index (κ2) is 7.05. The van der Waals surface area contributed by atoms with Gasteiger partial charge in [0.1, 0.15) is 0 Å². The van der Waals surface area contributed by atoms with Crippen LogP contribution in [-0.4, -0.2) is 45.8 Å². The first-order valence-corrected chi connectivity index (χ1v) is 6.49. The average Bonchev–Trinajstić information content (AvgIpc) is 2.93. The third-order valence-corrected chi connectivity index (χ3v) is 3.06. The molecule has 0 atom stereocenters. The van der Waals surface area contributed by atoms with Crippen molar-refractivity contribution in [3.05, 3.63) is 5.82 Å². The summed E-state index contributed by atoms with van der Waals surface area (Å²) in [5.74, 6) is -0.232. The Morgan fingerprint density at radius 2 is 2.22 bits per heavy atom. The molecule has 100 valence electrons. The van der Waals surface area contributed by atoms with Gasteiger partial charge >= 0.3 is 0 Å². The molecule has 0 radical (unpaired) electrons. The van der Waals surface area contributed by atoms with Crippen LogP contribution in [0.25, 0.3) is 0 Å². The number of aromatic amines is 1. The molecule has 0 unspecified atom stereocenters. The molecule has 1 aliphatic carbocycles. The number of nitrogens with zero attached hydrogens (tertiary/aromatic N) is 3. The molecule has 0 aliphatic heterocycles. The van der Waals surface area contributed by atoms with Gasteiger partial charge in [0.05, 0.1) is 6.10 Å². The van der Waals surface area contributed by atoms with Crippen LogP contribution in [0, 0.1) is 0 Å². The molecule has 1 aromatic rings. The molecule has 1 aliphatic rings. The largest absolute Gasteiger partial charge is 0.378 e. The van der Waals surface area contributed by atoms with Crippen LogP contribution < -0.4 is 5.32 Å². The molecule has 7 heteroatoms. The molecule has 0 bridgehead atoms. The predicted octanol–water partition coefficient (Wildman–Crippen LogP) is 0.669. The Kier molecular flexibility index (Phi) is 5.07. The number of tetrazole rings is 1. The number of hydrogen-bond acceptors (Lipinski definition) is 5. The Hall–Kier alpha value is -1.50. The quantitative estimate of drug-likeness (QED) is 0.727. The van der Waals surface area contributed by atoms with E-state index in [1.54, 1.807) is 0 Å². The second-order valence-corrected chi connectivity index (χ2v) is 4.48. The lowest BCUT2D eigenvalue weighted by atomic mass is 9.98. The monoisotopic (exact) mass is 253 g/mol. The highest BCUT2D eigenvalue weighted by Crippen LogP contribution is 2.20. The van der Waals surface area contributed by atoms with Gasteiger partial charge < -0.3 is 10.1 Å². The maximum absolute atomic E-state index is 11.4. The Bertz CT molecular complexity index is 348. The van der Waals surface area contributed by atoms with Gasteiger partial charge in [-0.05, 0) is 24.5 Å². The van der Waals surface area contributed by atoms with Gasteiger partial charge in [-0.25, -0.2) is 0 Å². The van der Waals surface area contributed by atoms with Crippen LogP contribution in [0.2, 0.25) is 0 Å². The summed E-state index contributed by atoms with van der Waals surface area (Å²) in [6, 6.07) is 0. The summed E-state index contributed by atoms with van der Waals surface area (Å²) >= 11 is 0. The number of carbonyl (C=O) groups excluding carboxylic acids is 1. The number of ether oxygens (including phenoxy) is 1. The maximum Gasteiger partial charge on any atom is 0.292 e. The van der Waals surface area contributed by atoms with Crippen molar-refractivity contribution in [1.82, 2.24) is 25.9 Å². The van der Waals surface area contributed by atoms with Crippen molar-refractivity contribution in [3.63, 3.8) is 0 Å². The van der Waals surface area contributed by atoms with Crippen molar-refractivity contribution in [2.75, 3.05) is 13.2 Å². The SMILES string of the molecule is O=C(NCCCOC1CCCCC1)c1nn[nH]n1. The predicted molar refractivity (Wildman–Crippen MR) is 64.0 cm³/mol. The molecule has 0 saturated heterocycles. The lowest BCUT2D eigenvalue weighted by molar-refractivity contribution is 0.0273. The summed E-state index contributed by atoms with van der Waals surface area (Å²) in [5, 5.41) is 15.5.